The molecule has 19 heavy (non-hydrogen) atoms. The highest BCUT2D eigenvalue weighted by molar-refractivity contribution is 5.44. The lowest BCUT2D eigenvalue weighted by Crippen LogP contribution is -2.38. The Morgan fingerprint density at radius 3 is 2.84 bits per heavy atom. The van der Waals surface area contributed by atoms with E-state index in [9.17, 15) is 10.1 Å². The maximum atomic E-state index is 10.6. The summed E-state index contributed by atoms with van der Waals surface area (Å²) in [6.07, 6.45) is 4.89. The monoisotopic (exact) mass is 262 g/mol. The lowest BCUT2D eigenvalue weighted by atomic mass is 9.78. The van der Waals surface area contributed by atoms with Crippen molar-refractivity contribution in [3.8, 4) is 0 Å². The summed E-state index contributed by atoms with van der Waals surface area (Å²) in [5.74, 6) is 2.03. The van der Waals surface area contributed by atoms with Crippen LogP contribution in [-0.2, 0) is 0 Å². The summed E-state index contributed by atoms with van der Waals surface area (Å²) in [5.41, 5.74) is 6.23. The molecule has 3 atom stereocenters. The summed E-state index contributed by atoms with van der Waals surface area (Å²) in [6.45, 7) is 1.90. The Hall–Kier alpha value is -1.69. The Balaban J connectivity index is 1.75. The quantitative estimate of drug-likeness (QED) is 0.645. The number of aromatic nitrogens is 1. The third kappa shape index (κ3) is 2.28. The fourth-order valence-electron chi connectivity index (χ4n) is 3.38. The third-order valence-corrected chi connectivity index (χ3v) is 4.42. The molecule has 0 bridgehead atoms. The van der Waals surface area contributed by atoms with E-state index in [2.05, 4.69) is 9.88 Å². The molecule has 6 heteroatoms. The molecule has 0 aromatic carbocycles. The lowest BCUT2D eigenvalue weighted by molar-refractivity contribution is -0.385. The molecule has 1 aliphatic heterocycles. The van der Waals surface area contributed by atoms with Crippen molar-refractivity contribution in [2.45, 2.75) is 25.3 Å². The average Bonchev–Trinajstić information content (AvgIpc) is 2.84. The van der Waals surface area contributed by atoms with Crippen LogP contribution in [0, 0.1) is 22.0 Å². The first kappa shape index (κ1) is 12.3. The molecular weight excluding hydrogens is 244 g/mol. The van der Waals surface area contributed by atoms with E-state index >= 15 is 0 Å². The first-order valence-electron chi connectivity index (χ1n) is 6.76. The van der Waals surface area contributed by atoms with Crippen molar-refractivity contribution in [3.05, 3.63) is 28.4 Å². The zero-order valence-electron chi connectivity index (χ0n) is 10.7. The van der Waals surface area contributed by atoms with Gasteiger partial charge in [0.05, 0.1) is 4.92 Å². The maximum Gasteiger partial charge on any atom is 0.287 e. The average molecular weight is 262 g/mol. The Kier molecular flexibility index (Phi) is 3.10. The molecule has 0 amide bonds. The molecule has 1 saturated heterocycles. The number of nitro groups is 1. The van der Waals surface area contributed by atoms with E-state index in [1.165, 1.54) is 25.1 Å². The molecule has 6 nitrogen and oxygen atoms in total. The summed E-state index contributed by atoms with van der Waals surface area (Å²) in [5, 5.41) is 10.6. The number of rotatable bonds is 2. The van der Waals surface area contributed by atoms with Gasteiger partial charge in [-0.05, 0) is 30.7 Å². The lowest BCUT2D eigenvalue weighted by Gasteiger charge is -2.29. The van der Waals surface area contributed by atoms with Crippen LogP contribution in [-0.4, -0.2) is 29.0 Å². The number of nitrogens with two attached hydrogens (primary N) is 1. The fourth-order valence-corrected chi connectivity index (χ4v) is 3.38. The minimum atomic E-state index is -0.420. The molecule has 2 fully saturated rings. The van der Waals surface area contributed by atoms with E-state index < -0.39 is 4.92 Å². The molecule has 1 aromatic heterocycles. The molecule has 2 heterocycles. The van der Waals surface area contributed by atoms with Crippen LogP contribution in [0.3, 0.4) is 0 Å². The Bertz CT molecular complexity index is 476. The smallest absolute Gasteiger partial charge is 0.287 e. The summed E-state index contributed by atoms with van der Waals surface area (Å²) >= 11 is 0. The highest BCUT2D eigenvalue weighted by Gasteiger charge is 2.39. The van der Waals surface area contributed by atoms with Gasteiger partial charge in [0.2, 0.25) is 0 Å². The van der Waals surface area contributed by atoms with E-state index in [-0.39, 0.29) is 5.69 Å². The SMILES string of the molecule is NC1CCCC2CN(c3ccc([N+](=O)[O-])cn3)CC12. The first-order chi connectivity index (χ1) is 9.15. The highest BCUT2D eigenvalue weighted by Crippen LogP contribution is 2.37. The molecule has 3 rings (SSSR count). The first-order valence-corrected chi connectivity index (χ1v) is 6.76. The molecule has 3 unspecified atom stereocenters. The molecule has 0 radical (unpaired) electrons. The van der Waals surface area contributed by atoms with Crippen molar-refractivity contribution < 1.29 is 4.92 Å². The van der Waals surface area contributed by atoms with Gasteiger partial charge in [-0.2, -0.15) is 0 Å². The van der Waals surface area contributed by atoms with E-state index in [1.807, 2.05) is 0 Å². The molecule has 1 saturated carbocycles. The van der Waals surface area contributed by atoms with Crippen LogP contribution in [0.5, 0.6) is 0 Å². The maximum absolute atomic E-state index is 10.6. The molecule has 1 aliphatic carbocycles. The van der Waals surface area contributed by atoms with Gasteiger partial charge >= 0.3 is 0 Å². The van der Waals surface area contributed by atoms with Gasteiger partial charge in [0.15, 0.2) is 0 Å². The molecule has 2 aliphatic rings. The van der Waals surface area contributed by atoms with Crippen molar-refractivity contribution >= 4 is 11.5 Å². The zero-order valence-corrected chi connectivity index (χ0v) is 10.7. The normalized spacial score (nSPS) is 30.2. The standard InChI is InChI=1S/C13H18N4O2/c14-12-3-1-2-9-7-16(8-11(9)12)13-5-4-10(6-15-13)17(18)19/h4-6,9,11-12H,1-3,7-8,14H2. The second-order valence-corrected chi connectivity index (χ2v) is 5.56. The van der Waals surface area contributed by atoms with Crippen LogP contribution in [0.2, 0.25) is 0 Å². The minimum absolute atomic E-state index is 0.0389. The molecule has 102 valence electrons. The minimum Gasteiger partial charge on any atom is -0.356 e. The molecular formula is C13H18N4O2. The molecule has 1 aromatic rings. The van der Waals surface area contributed by atoms with Crippen LogP contribution >= 0.6 is 0 Å². The number of pyridine rings is 1. The Morgan fingerprint density at radius 2 is 2.21 bits per heavy atom. The largest absolute Gasteiger partial charge is 0.356 e. The second kappa shape index (κ2) is 4.77. The van der Waals surface area contributed by atoms with E-state index in [0.29, 0.717) is 17.9 Å². The number of hydrogen-bond donors (Lipinski definition) is 1. The van der Waals surface area contributed by atoms with Crippen molar-refractivity contribution in [2.75, 3.05) is 18.0 Å². The van der Waals surface area contributed by atoms with Gasteiger partial charge in [-0.15, -0.1) is 0 Å². The van der Waals surface area contributed by atoms with Crippen LogP contribution < -0.4 is 10.6 Å². The van der Waals surface area contributed by atoms with E-state index in [0.717, 1.165) is 25.3 Å². The predicted octanol–water partition coefficient (Wildman–Crippen LogP) is 1.55. The van der Waals surface area contributed by atoms with Crippen LogP contribution in [0.4, 0.5) is 11.5 Å². The summed E-state index contributed by atoms with van der Waals surface area (Å²) < 4.78 is 0. The van der Waals surface area contributed by atoms with Crippen molar-refractivity contribution in [2.24, 2.45) is 17.6 Å². The highest BCUT2D eigenvalue weighted by atomic mass is 16.6. The predicted molar refractivity (Wildman–Crippen MR) is 71.9 cm³/mol. The van der Waals surface area contributed by atoms with Gasteiger partial charge in [0, 0.05) is 25.2 Å². The van der Waals surface area contributed by atoms with Crippen molar-refractivity contribution in [1.29, 1.82) is 0 Å². The second-order valence-electron chi connectivity index (χ2n) is 5.56. The summed E-state index contributed by atoms with van der Waals surface area (Å²) in [4.78, 5) is 16.6. The van der Waals surface area contributed by atoms with Crippen molar-refractivity contribution in [1.82, 2.24) is 4.98 Å². The Labute approximate surface area is 111 Å². The van der Waals surface area contributed by atoms with Gasteiger partial charge in [-0.25, -0.2) is 4.98 Å². The van der Waals surface area contributed by atoms with Crippen molar-refractivity contribution in [3.63, 3.8) is 0 Å². The van der Waals surface area contributed by atoms with Gasteiger partial charge < -0.3 is 10.6 Å². The fraction of sp³-hybridized carbons (Fsp3) is 0.615. The number of anilines is 1. The number of fused-ring (bicyclic) bond motifs is 1. The van der Waals surface area contributed by atoms with Crippen LogP contribution in [0.1, 0.15) is 19.3 Å². The van der Waals surface area contributed by atoms with Gasteiger partial charge in [-0.3, -0.25) is 10.1 Å². The topological polar surface area (TPSA) is 85.3 Å². The van der Waals surface area contributed by atoms with Gasteiger partial charge in [-0.1, -0.05) is 6.42 Å². The molecule has 2 N–H and O–H groups in total. The van der Waals surface area contributed by atoms with E-state index in [4.69, 9.17) is 5.73 Å². The summed E-state index contributed by atoms with van der Waals surface area (Å²) in [7, 11) is 0. The Morgan fingerprint density at radius 1 is 1.37 bits per heavy atom. The summed E-state index contributed by atoms with van der Waals surface area (Å²) in [6, 6.07) is 3.55. The zero-order chi connectivity index (χ0) is 13.4. The third-order valence-electron chi connectivity index (χ3n) is 4.42. The van der Waals surface area contributed by atoms with Gasteiger partial charge in [0.1, 0.15) is 12.0 Å². The number of nitrogens with zero attached hydrogens (tertiary/aromatic N) is 3. The number of hydrogen-bond acceptors (Lipinski definition) is 5. The van der Waals surface area contributed by atoms with Crippen LogP contribution in [0.15, 0.2) is 18.3 Å². The van der Waals surface area contributed by atoms with Gasteiger partial charge in [0.25, 0.3) is 5.69 Å². The molecule has 0 spiro atoms. The van der Waals surface area contributed by atoms with Crippen LogP contribution in [0.25, 0.3) is 0 Å². The van der Waals surface area contributed by atoms with E-state index in [1.54, 1.807) is 6.07 Å².